The molecule has 0 aromatic rings. The van der Waals surface area contributed by atoms with Crippen LogP contribution in [0.5, 0.6) is 0 Å². The molecule has 0 aliphatic carbocycles. The van der Waals surface area contributed by atoms with E-state index in [2.05, 4.69) is 0 Å². The van der Waals surface area contributed by atoms with Crippen LogP contribution in [0.1, 0.15) is 0 Å². The number of hydrogen-bond donors (Lipinski definition) is 0. The summed E-state index contributed by atoms with van der Waals surface area (Å²) < 4.78 is 0. The van der Waals surface area contributed by atoms with Crippen molar-refractivity contribution in [2.45, 2.75) is 0 Å². The fourth-order valence-corrected chi connectivity index (χ4v) is 0. The van der Waals surface area contributed by atoms with E-state index in [1.54, 1.807) is 0 Å². The average Bonchev–Trinajstić information content (AvgIpc) is 0. The van der Waals surface area contributed by atoms with E-state index in [4.69, 9.17) is 0 Å². The molecule has 0 bridgehead atoms. The fraction of sp³-hybridized carbons (Fsp3) is 0. The molecular formula is H8CoCuNiO8Zn. The second kappa shape index (κ2) is 539. The van der Waals surface area contributed by atoms with Gasteiger partial charge in [0.05, 0.1) is 0 Å². The van der Waals surface area contributed by atoms with Gasteiger partial charge in [-0.15, -0.1) is 0 Å². The predicted molar refractivity (Wildman–Crippen MR) is 15.5 cm³/mol. The zero-order valence-corrected chi connectivity index (χ0v) is 11.2. The summed E-state index contributed by atoms with van der Waals surface area (Å²) in [6, 6.07) is 0. The van der Waals surface area contributed by atoms with Crippen molar-refractivity contribution in [3.63, 3.8) is 0 Å². The van der Waals surface area contributed by atoms with Crippen molar-refractivity contribution in [1.82, 2.24) is 0 Å². The summed E-state index contributed by atoms with van der Waals surface area (Å²) >= 11 is 0. The van der Waals surface area contributed by atoms with Gasteiger partial charge in [0, 0.05) is 0 Å². The molecule has 0 spiro atoms. The van der Waals surface area contributed by atoms with Crippen LogP contribution in [-0.2, 0) is 69.8 Å². The minimum absolute atomic E-state index is 0. The Hall–Kier alpha value is 1.82. The Labute approximate surface area is 113 Å². The van der Waals surface area contributed by atoms with Crippen LogP contribution in [0.3, 0.4) is 0 Å². The van der Waals surface area contributed by atoms with E-state index >= 15 is 0 Å². The first-order valence-electron chi connectivity index (χ1n) is 0. The van der Waals surface area contributed by atoms with Crippen molar-refractivity contribution in [1.29, 1.82) is 0 Å². The summed E-state index contributed by atoms with van der Waals surface area (Å²) in [5.41, 5.74) is 0. The van der Waals surface area contributed by atoms with Gasteiger partial charge in [-0.25, -0.2) is 0 Å². The van der Waals surface area contributed by atoms with Crippen molar-refractivity contribution in [2.24, 2.45) is 0 Å². The Kier molecular flexibility index (Phi) is 30700. The molecule has 0 amide bonds. The molecule has 0 aliphatic heterocycles. The molecule has 8 nitrogen and oxygen atoms in total. The van der Waals surface area contributed by atoms with Crippen LogP contribution < -0.4 is 0 Å². The minimum Gasteiger partial charge on any atom is -0.870 e. The quantitative estimate of drug-likeness (QED) is 0.448. The van der Waals surface area contributed by atoms with Gasteiger partial charge in [0.2, 0.25) is 0 Å². The summed E-state index contributed by atoms with van der Waals surface area (Å²) in [6.45, 7) is 0. The molecule has 0 fully saturated rings. The normalized spacial score (nSPS) is 0. The molecule has 0 saturated carbocycles. The maximum Gasteiger partial charge on any atom is 2.00 e. The van der Waals surface area contributed by atoms with Gasteiger partial charge in [-0.3, -0.25) is 0 Å². The monoisotopic (exact) mass is 380 g/mol. The topological polar surface area (TPSA) is 240 Å². The molecule has 0 aromatic heterocycles. The Bertz CT molecular complexity index is 19.0. The van der Waals surface area contributed by atoms with E-state index in [1.165, 1.54) is 0 Å². The van der Waals surface area contributed by atoms with E-state index in [1.807, 2.05) is 0 Å². The van der Waals surface area contributed by atoms with Gasteiger partial charge in [-0.05, 0) is 0 Å². The largest absolute Gasteiger partial charge is 2.00 e. The standard InChI is InChI=1S/Co.Cu.Ni.8H2O.Zn/h;;;8*1H2;/q3*+2;;;;;;;;;+2/p-8. The van der Waals surface area contributed by atoms with Gasteiger partial charge in [0.15, 0.2) is 0 Å². The third kappa shape index (κ3) is 417. The first-order valence-corrected chi connectivity index (χ1v) is 0. The zero-order chi connectivity index (χ0) is 0. The molecule has 0 aliphatic rings. The van der Waals surface area contributed by atoms with Gasteiger partial charge >= 0.3 is 69.8 Å². The second-order valence-corrected chi connectivity index (χ2v) is 0. The zero-order valence-electron chi connectivity index (χ0n) is 5.24. The summed E-state index contributed by atoms with van der Waals surface area (Å²) in [6.07, 6.45) is 0. The third-order valence-corrected chi connectivity index (χ3v) is 0. The molecule has 0 unspecified atom stereocenters. The smallest absolute Gasteiger partial charge is 0.870 e. The van der Waals surface area contributed by atoms with E-state index in [0.717, 1.165) is 0 Å². The van der Waals surface area contributed by atoms with Gasteiger partial charge < -0.3 is 43.8 Å². The molecule has 2 radical (unpaired) electrons. The van der Waals surface area contributed by atoms with E-state index in [9.17, 15) is 0 Å². The molecule has 88 valence electrons. The number of hydrogen-bond acceptors (Lipinski definition) is 8. The van der Waals surface area contributed by atoms with Crippen molar-refractivity contribution < 1.29 is 114 Å². The molecule has 12 heteroatoms. The van der Waals surface area contributed by atoms with Crippen LogP contribution in [0, 0.1) is 0 Å². The van der Waals surface area contributed by atoms with Crippen LogP contribution in [0.15, 0.2) is 0 Å². The van der Waals surface area contributed by atoms with Crippen molar-refractivity contribution in [3.05, 3.63) is 0 Å². The van der Waals surface area contributed by atoms with Crippen molar-refractivity contribution >= 4 is 0 Å². The SMILES string of the molecule is [Co+2].[Cu+2].[Ni+2].[OH-].[OH-].[OH-].[OH-].[OH-].[OH-].[OH-].[OH-].[Zn+2]. The van der Waals surface area contributed by atoms with Crippen LogP contribution >= 0.6 is 0 Å². The minimum atomic E-state index is 0. The summed E-state index contributed by atoms with van der Waals surface area (Å²) in [5.74, 6) is 0. The molecule has 0 heterocycles. The molecular weight excluding hydrogens is 375 g/mol. The van der Waals surface area contributed by atoms with Crippen LogP contribution in [0.4, 0.5) is 0 Å². The Morgan fingerprint density at radius 2 is 0.417 bits per heavy atom. The van der Waals surface area contributed by atoms with Crippen LogP contribution in [-0.4, -0.2) is 43.8 Å². The van der Waals surface area contributed by atoms with Gasteiger partial charge in [0.1, 0.15) is 0 Å². The first kappa shape index (κ1) is 684. The Morgan fingerprint density at radius 3 is 0.417 bits per heavy atom. The Balaban J connectivity index is 0. The predicted octanol–water partition coefficient (Wildman–Crippen LogP) is -1.42. The number of rotatable bonds is 0. The molecule has 12 heavy (non-hydrogen) atoms. The molecule has 0 rings (SSSR count). The Morgan fingerprint density at radius 1 is 0.417 bits per heavy atom. The summed E-state index contributed by atoms with van der Waals surface area (Å²) in [7, 11) is 0. The molecule has 0 saturated heterocycles. The van der Waals surface area contributed by atoms with Crippen molar-refractivity contribution in [3.8, 4) is 0 Å². The van der Waals surface area contributed by atoms with Gasteiger partial charge in [-0.2, -0.15) is 0 Å². The van der Waals surface area contributed by atoms with Gasteiger partial charge in [-0.1, -0.05) is 0 Å². The van der Waals surface area contributed by atoms with Gasteiger partial charge in [0.25, 0.3) is 0 Å². The second-order valence-electron chi connectivity index (χ2n) is 0. The van der Waals surface area contributed by atoms with Crippen LogP contribution in [0.2, 0.25) is 0 Å². The molecule has 0 atom stereocenters. The van der Waals surface area contributed by atoms with Crippen molar-refractivity contribution in [2.75, 3.05) is 0 Å². The van der Waals surface area contributed by atoms with E-state index < -0.39 is 0 Å². The first-order chi connectivity index (χ1) is 0. The maximum absolute atomic E-state index is 0. The third-order valence-electron chi connectivity index (χ3n) is 0. The van der Waals surface area contributed by atoms with E-state index in [0.29, 0.717) is 0 Å². The van der Waals surface area contributed by atoms with E-state index in [-0.39, 0.29) is 114 Å². The van der Waals surface area contributed by atoms with Crippen LogP contribution in [0.25, 0.3) is 0 Å². The summed E-state index contributed by atoms with van der Waals surface area (Å²) in [4.78, 5) is 0. The molecule has 0 aromatic carbocycles. The summed E-state index contributed by atoms with van der Waals surface area (Å²) in [5, 5.41) is 0. The maximum atomic E-state index is 0. The fourth-order valence-electron chi connectivity index (χ4n) is 0. The average molecular weight is 383 g/mol. The molecule has 8 N–H and O–H groups in total.